The fourth-order valence-corrected chi connectivity index (χ4v) is 4.18. The zero-order valence-corrected chi connectivity index (χ0v) is 19.4. The van der Waals surface area contributed by atoms with Crippen molar-refractivity contribution in [2.45, 2.75) is 44.3 Å². The molecule has 4 atom stereocenters. The highest BCUT2D eigenvalue weighted by molar-refractivity contribution is 7.89. The van der Waals surface area contributed by atoms with Gasteiger partial charge in [-0.2, -0.15) is 0 Å². The number of ether oxygens (including phenoxy) is 1. The molecule has 0 heterocycles. The Labute approximate surface area is 194 Å². The van der Waals surface area contributed by atoms with Gasteiger partial charge in [-0.05, 0) is 31.4 Å². The minimum Gasteiger partial charge on any atom is -0.491 e. The highest BCUT2D eigenvalue weighted by atomic mass is 32.2. The van der Waals surface area contributed by atoms with Crippen molar-refractivity contribution in [2.75, 3.05) is 12.9 Å². The SMILES string of the molecule is CS(=O)(=O)NC(=O)CCC/C=C/C[C@H]1[C@@H](O)C/C(=N/O)[C@@H]1/C=C/[C@@H](O)COc1ccccc1. The second-order valence-corrected chi connectivity index (χ2v) is 9.77. The maximum absolute atomic E-state index is 11.5. The highest BCUT2D eigenvalue weighted by Gasteiger charge is 2.38. The van der Waals surface area contributed by atoms with Crippen molar-refractivity contribution >= 4 is 21.6 Å². The Balaban J connectivity index is 1.84. The molecule has 1 fully saturated rings. The van der Waals surface area contributed by atoms with Crippen LogP contribution in [0.5, 0.6) is 5.75 Å². The van der Waals surface area contributed by atoms with E-state index in [2.05, 4.69) is 5.16 Å². The van der Waals surface area contributed by atoms with E-state index >= 15 is 0 Å². The van der Waals surface area contributed by atoms with E-state index in [9.17, 15) is 28.6 Å². The van der Waals surface area contributed by atoms with Crippen molar-refractivity contribution < 1.29 is 33.4 Å². The second-order valence-electron chi connectivity index (χ2n) is 8.03. The first-order valence-electron chi connectivity index (χ1n) is 10.8. The number of para-hydroxylation sites is 1. The summed E-state index contributed by atoms with van der Waals surface area (Å²) in [6.07, 6.45) is 8.38. The van der Waals surface area contributed by atoms with E-state index in [4.69, 9.17) is 4.74 Å². The first-order valence-corrected chi connectivity index (χ1v) is 12.7. The van der Waals surface area contributed by atoms with E-state index in [1.54, 1.807) is 24.3 Å². The lowest BCUT2D eigenvalue weighted by molar-refractivity contribution is -0.119. The predicted octanol–water partition coefficient (Wildman–Crippen LogP) is 2.00. The van der Waals surface area contributed by atoms with E-state index in [-0.39, 0.29) is 31.3 Å². The van der Waals surface area contributed by atoms with E-state index in [0.717, 1.165) is 6.26 Å². The number of aliphatic hydroxyl groups excluding tert-OH is 2. The summed E-state index contributed by atoms with van der Waals surface area (Å²) in [4.78, 5) is 11.5. The summed E-state index contributed by atoms with van der Waals surface area (Å²) in [5, 5.41) is 33.3. The van der Waals surface area contributed by atoms with E-state index in [1.807, 2.05) is 35.1 Å². The van der Waals surface area contributed by atoms with Gasteiger partial charge in [0.2, 0.25) is 15.9 Å². The largest absolute Gasteiger partial charge is 0.491 e. The minimum atomic E-state index is -3.54. The van der Waals surface area contributed by atoms with Crippen LogP contribution in [-0.4, -0.2) is 60.5 Å². The third kappa shape index (κ3) is 9.77. The minimum absolute atomic E-state index is 0.0683. The molecule has 0 aliphatic heterocycles. The van der Waals surface area contributed by atoms with E-state index in [1.165, 1.54) is 0 Å². The maximum Gasteiger partial charge on any atom is 0.233 e. The molecule has 1 amide bonds. The van der Waals surface area contributed by atoms with Gasteiger partial charge in [0.15, 0.2) is 0 Å². The normalized spacial score (nSPS) is 23.4. The number of benzene rings is 1. The molecule has 0 unspecified atom stereocenters. The molecule has 0 spiro atoms. The number of rotatable bonds is 12. The average molecular weight is 481 g/mol. The van der Waals surface area contributed by atoms with Crippen molar-refractivity contribution in [3.8, 4) is 5.75 Å². The number of carbonyl (C=O) groups is 1. The van der Waals surface area contributed by atoms with Crippen molar-refractivity contribution in [1.82, 2.24) is 4.72 Å². The third-order valence-corrected chi connectivity index (χ3v) is 5.84. The Kier molecular flexibility index (Phi) is 10.6. The van der Waals surface area contributed by atoms with Crippen LogP contribution in [0.15, 0.2) is 59.8 Å². The topological polar surface area (TPSA) is 146 Å². The first kappa shape index (κ1) is 26.6. The number of carbonyl (C=O) groups excluding carboxylic acids is 1. The molecule has 0 bridgehead atoms. The molecule has 1 aliphatic rings. The van der Waals surface area contributed by atoms with Gasteiger partial charge in [-0.25, -0.2) is 8.42 Å². The monoisotopic (exact) mass is 480 g/mol. The van der Waals surface area contributed by atoms with E-state index < -0.39 is 28.1 Å². The summed E-state index contributed by atoms with van der Waals surface area (Å²) in [6.45, 7) is 0.0683. The Morgan fingerprint density at radius 1 is 1.30 bits per heavy atom. The Morgan fingerprint density at radius 3 is 2.70 bits per heavy atom. The molecule has 33 heavy (non-hydrogen) atoms. The summed E-state index contributed by atoms with van der Waals surface area (Å²) in [6, 6.07) is 9.13. The van der Waals surface area contributed by atoms with Crippen molar-refractivity contribution in [2.24, 2.45) is 17.0 Å². The lowest BCUT2D eigenvalue weighted by Crippen LogP contribution is -2.28. The van der Waals surface area contributed by atoms with Gasteiger partial charge in [-0.15, -0.1) is 0 Å². The van der Waals surface area contributed by atoms with Crippen LogP contribution < -0.4 is 9.46 Å². The fourth-order valence-electron chi connectivity index (χ4n) is 3.66. The molecule has 1 aromatic rings. The third-order valence-electron chi connectivity index (χ3n) is 5.24. The molecule has 0 aromatic heterocycles. The molecule has 4 N–H and O–H groups in total. The van der Waals surface area contributed by atoms with Gasteiger partial charge in [-0.3, -0.25) is 9.52 Å². The number of hydrogen-bond acceptors (Lipinski definition) is 8. The maximum atomic E-state index is 11.5. The van der Waals surface area contributed by atoms with Crippen LogP contribution in [0.2, 0.25) is 0 Å². The van der Waals surface area contributed by atoms with Crippen molar-refractivity contribution in [3.63, 3.8) is 0 Å². The molecule has 1 aromatic carbocycles. The van der Waals surface area contributed by atoms with Gasteiger partial charge in [0, 0.05) is 24.7 Å². The van der Waals surface area contributed by atoms with Crippen LogP contribution in [0.3, 0.4) is 0 Å². The molecule has 182 valence electrons. The standard InChI is InChI=1S/C23H32N2O7S/c1-33(30,31)25-23(28)12-8-3-2-7-11-20-19(21(24-29)15-22(20)27)14-13-17(26)16-32-18-9-5-4-6-10-18/h2,4-7,9-10,13-14,17,19-20,22,26-27,29H,3,8,11-12,15-16H2,1H3,(H,25,28)/b7-2+,14-13+,24-21-/t17-,19-,20-,22+/m1/s1. The molecule has 9 nitrogen and oxygen atoms in total. The van der Waals surface area contributed by atoms with Crippen LogP contribution in [0.4, 0.5) is 0 Å². The van der Waals surface area contributed by atoms with Crippen LogP contribution in [0.1, 0.15) is 32.1 Å². The number of aliphatic hydroxyl groups is 2. The van der Waals surface area contributed by atoms with Crippen LogP contribution in [-0.2, 0) is 14.8 Å². The summed E-state index contributed by atoms with van der Waals surface area (Å²) >= 11 is 0. The number of nitrogens with one attached hydrogen (secondary N) is 1. The average Bonchev–Trinajstić information content (AvgIpc) is 3.07. The molecule has 1 saturated carbocycles. The molecule has 10 heteroatoms. The van der Waals surface area contributed by atoms with Gasteiger partial charge in [-0.1, -0.05) is 47.7 Å². The Bertz CT molecular complexity index is 945. The molecular weight excluding hydrogens is 448 g/mol. The zero-order chi connectivity index (χ0) is 24.3. The Hall–Kier alpha value is -2.69. The van der Waals surface area contributed by atoms with Gasteiger partial charge < -0.3 is 20.2 Å². The predicted molar refractivity (Wildman–Crippen MR) is 125 cm³/mol. The fraction of sp³-hybridized carbons (Fsp3) is 0.478. The molecule has 0 saturated heterocycles. The smallest absolute Gasteiger partial charge is 0.233 e. The van der Waals surface area contributed by atoms with Gasteiger partial charge >= 0.3 is 0 Å². The lowest BCUT2D eigenvalue weighted by Gasteiger charge is -2.18. The van der Waals surface area contributed by atoms with Crippen LogP contribution >= 0.6 is 0 Å². The summed E-state index contributed by atoms with van der Waals surface area (Å²) in [5.74, 6) is -0.447. The van der Waals surface area contributed by atoms with Gasteiger partial charge in [0.05, 0.1) is 18.1 Å². The number of allylic oxidation sites excluding steroid dienone is 3. The number of amides is 1. The van der Waals surface area contributed by atoms with Gasteiger partial charge in [0.1, 0.15) is 18.5 Å². The molecular formula is C23H32N2O7S. The van der Waals surface area contributed by atoms with Crippen molar-refractivity contribution in [1.29, 1.82) is 0 Å². The molecule has 0 radical (unpaired) electrons. The number of nitrogens with zero attached hydrogens (tertiary/aromatic N) is 1. The molecule has 2 rings (SSSR count). The number of oxime groups is 1. The van der Waals surface area contributed by atoms with Crippen LogP contribution in [0.25, 0.3) is 0 Å². The molecule has 1 aliphatic carbocycles. The summed E-state index contributed by atoms with van der Waals surface area (Å²) in [5.41, 5.74) is 0.450. The second kappa shape index (κ2) is 13.1. The lowest BCUT2D eigenvalue weighted by atomic mass is 9.90. The summed E-state index contributed by atoms with van der Waals surface area (Å²) in [7, 11) is -3.54. The van der Waals surface area contributed by atoms with Crippen LogP contribution in [0, 0.1) is 11.8 Å². The van der Waals surface area contributed by atoms with Crippen molar-refractivity contribution in [3.05, 3.63) is 54.6 Å². The quantitative estimate of drug-likeness (QED) is 0.155. The number of unbranched alkanes of at least 4 members (excludes halogenated alkanes) is 1. The summed E-state index contributed by atoms with van der Waals surface area (Å²) < 4.78 is 29.5. The first-order chi connectivity index (χ1) is 15.7. The Morgan fingerprint density at radius 2 is 2.03 bits per heavy atom. The van der Waals surface area contributed by atoms with Gasteiger partial charge in [0.25, 0.3) is 0 Å². The van der Waals surface area contributed by atoms with E-state index in [0.29, 0.717) is 30.7 Å². The number of sulfonamides is 1. The highest BCUT2D eigenvalue weighted by Crippen LogP contribution is 2.34. The zero-order valence-electron chi connectivity index (χ0n) is 18.6. The number of hydrogen-bond donors (Lipinski definition) is 4.